The molecule has 6 heteroatoms. The molecule has 0 radical (unpaired) electrons. The van der Waals surface area contributed by atoms with Gasteiger partial charge in [0.1, 0.15) is 11.6 Å². The van der Waals surface area contributed by atoms with E-state index in [1.54, 1.807) is 0 Å². The van der Waals surface area contributed by atoms with Gasteiger partial charge in [-0.2, -0.15) is 5.26 Å². The van der Waals surface area contributed by atoms with Gasteiger partial charge < -0.3 is 4.90 Å². The SMILES string of the molecule is Cc1cccc(C)c1-n1ccnc1-c1cccc(N(c2ccccc2)c2ccc3c4cc(C#N)ccc4n(-c4ccccn4)c3c2)c1. The molecule has 0 N–H and O–H groups in total. The summed E-state index contributed by atoms with van der Waals surface area (Å²) >= 11 is 0. The molecule has 0 fully saturated rings. The molecule has 0 amide bonds. The van der Waals surface area contributed by atoms with Crippen LogP contribution in [0.1, 0.15) is 16.7 Å². The lowest BCUT2D eigenvalue weighted by molar-refractivity contribution is 1.03. The number of anilines is 3. The lowest BCUT2D eigenvalue weighted by atomic mass is 10.1. The van der Waals surface area contributed by atoms with Gasteiger partial charge in [0, 0.05) is 52.0 Å². The van der Waals surface area contributed by atoms with E-state index in [2.05, 4.69) is 119 Å². The van der Waals surface area contributed by atoms with Gasteiger partial charge in [-0.05, 0) is 91.7 Å². The summed E-state index contributed by atoms with van der Waals surface area (Å²) < 4.78 is 4.36. The maximum Gasteiger partial charge on any atom is 0.144 e. The van der Waals surface area contributed by atoms with Crippen LogP contribution in [0.2, 0.25) is 0 Å². The summed E-state index contributed by atoms with van der Waals surface area (Å²) in [5.41, 5.74) is 10.3. The Morgan fingerprint density at radius 1 is 0.617 bits per heavy atom. The van der Waals surface area contributed by atoms with Gasteiger partial charge in [-0.25, -0.2) is 9.97 Å². The second kappa shape index (κ2) is 11.5. The van der Waals surface area contributed by atoms with Gasteiger partial charge in [-0.3, -0.25) is 9.13 Å². The van der Waals surface area contributed by atoms with Crippen molar-refractivity contribution in [3.63, 3.8) is 0 Å². The van der Waals surface area contributed by atoms with Crippen molar-refractivity contribution < 1.29 is 0 Å². The third-order valence-corrected chi connectivity index (χ3v) is 8.71. The predicted octanol–water partition coefficient (Wildman–Crippen LogP) is 9.99. The Balaban J connectivity index is 1.33. The number of aryl methyl sites for hydroxylation is 2. The zero-order valence-electron chi connectivity index (χ0n) is 26.0. The highest BCUT2D eigenvalue weighted by Gasteiger charge is 2.19. The van der Waals surface area contributed by atoms with Gasteiger partial charge in [-0.1, -0.05) is 60.7 Å². The lowest BCUT2D eigenvalue weighted by Gasteiger charge is -2.26. The molecule has 0 saturated heterocycles. The zero-order chi connectivity index (χ0) is 31.9. The Bertz CT molecular complexity index is 2430. The second-order valence-corrected chi connectivity index (χ2v) is 11.7. The van der Waals surface area contributed by atoms with Crippen molar-refractivity contribution >= 4 is 38.9 Å². The van der Waals surface area contributed by atoms with Crippen LogP contribution in [-0.4, -0.2) is 19.1 Å². The maximum atomic E-state index is 9.68. The summed E-state index contributed by atoms with van der Waals surface area (Å²) in [5, 5.41) is 11.8. The Kier molecular flexibility index (Phi) is 6.85. The molecule has 8 rings (SSSR count). The quantitative estimate of drug-likeness (QED) is 0.189. The minimum atomic E-state index is 0.628. The topological polar surface area (TPSA) is 62.7 Å². The van der Waals surface area contributed by atoms with Crippen molar-refractivity contribution in [2.75, 3.05) is 4.90 Å². The van der Waals surface area contributed by atoms with Crippen LogP contribution >= 0.6 is 0 Å². The number of fused-ring (bicyclic) bond motifs is 3. The Labute approximate surface area is 273 Å². The van der Waals surface area contributed by atoms with E-state index in [1.165, 1.54) is 11.1 Å². The largest absolute Gasteiger partial charge is 0.310 e. The average molecular weight is 607 g/mol. The number of nitrogens with zero attached hydrogens (tertiary/aromatic N) is 6. The maximum absolute atomic E-state index is 9.68. The lowest BCUT2D eigenvalue weighted by Crippen LogP contribution is -2.10. The minimum Gasteiger partial charge on any atom is -0.310 e. The molecule has 224 valence electrons. The van der Waals surface area contributed by atoms with Crippen LogP contribution in [0.25, 0.3) is 44.7 Å². The number of hydrogen-bond acceptors (Lipinski definition) is 4. The highest BCUT2D eigenvalue weighted by atomic mass is 15.1. The predicted molar refractivity (Wildman–Crippen MR) is 190 cm³/mol. The number of nitriles is 1. The normalized spacial score (nSPS) is 11.2. The molecular formula is C41H30N6. The van der Waals surface area contributed by atoms with E-state index in [4.69, 9.17) is 9.97 Å². The molecule has 0 aliphatic rings. The fourth-order valence-corrected chi connectivity index (χ4v) is 6.64. The number of imidazole rings is 1. The van der Waals surface area contributed by atoms with E-state index >= 15 is 0 Å². The van der Waals surface area contributed by atoms with Crippen molar-refractivity contribution in [3.05, 3.63) is 163 Å². The fraction of sp³-hybridized carbons (Fsp3) is 0.0488. The first-order chi connectivity index (χ1) is 23.1. The van der Waals surface area contributed by atoms with Gasteiger partial charge in [0.25, 0.3) is 0 Å². The summed E-state index contributed by atoms with van der Waals surface area (Å²) in [6, 6.07) is 46.0. The van der Waals surface area contributed by atoms with E-state index in [0.717, 1.165) is 61.8 Å². The van der Waals surface area contributed by atoms with Crippen molar-refractivity contribution in [1.29, 1.82) is 5.26 Å². The number of benzene rings is 5. The van der Waals surface area contributed by atoms with Crippen molar-refractivity contribution in [2.45, 2.75) is 13.8 Å². The molecule has 0 bridgehead atoms. The third kappa shape index (κ3) is 4.82. The zero-order valence-corrected chi connectivity index (χ0v) is 26.0. The summed E-state index contributed by atoms with van der Waals surface area (Å²) in [4.78, 5) is 11.8. The molecule has 6 nitrogen and oxygen atoms in total. The van der Waals surface area contributed by atoms with Crippen LogP contribution in [0, 0.1) is 25.2 Å². The molecule has 0 saturated carbocycles. The van der Waals surface area contributed by atoms with Crippen LogP contribution in [0.15, 0.2) is 146 Å². The summed E-state index contributed by atoms with van der Waals surface area (Å²) in [5.74, 6) is 1.71. The van der Waals surface area contributed by atoms with Gasteiger partial charge in [0.05, 0.1) is 28.4 Å². The number of pyridine rings is 1. The van der Waals surface area contributed by atoms with Gasteiger partial charge in [0.2, 0.25) is 0 Å². The molecule has 0 aliphatic heterocycles. The van der Waals surface area contributed by atoms with Crippen LogP contribution < -0.4 is 4.90 Å². The van der Waals surface area contributed by atoms with Crippen molar-refractivity contribution in [2.24, 2.45) is 0 Å². The molecule has 0 aliphatic carbocycles. The van der Waals surface area contributed by atoms with E-state index < -0.39 is 0 Å². The van der Waals surface area contributed by atoms with Crippen molar-refractivity contribution in [1.82, 2.24) is 19.1 Å². The number of hydrogen-bond donors (Lipinski definition) is 0. The second-order valence-electron chi connectivity index (χ2n) is 11.7. The molecule has 5 aromatic carbocycles. The van der Waals surface area contributed by atoms with Gasteiger partial charge in [-0.15, -0.1) is 0 Å². The third-order valence-electron chi connectivity index (χ3n) is 8.71. The van der Waals surface area contributed by atoms with E-state index in [9.17, 15) is 5.26 Å². The van der Waals surface area contributed by atoms with E-state index in [-0.39, 0.29) is 0 Å². The minimum absolute atomic E-state index is 0.628. The summed E-state index contributed by atoms with van der Waals surface area (Å²) in [6.45, 7) is 4.28. The molecule has 3 aromatic heterocycles. The van der Waals surface area contributed by atoms with Crippen LogP contribution in [0.5, 0.6) is 0 Å². The smallest absolute Gasteiger partial charge is 0.144 e. The molecule has 0 unspecified atom stereocenters. The van der Waals surface area contributed by atoms with Crippen LogP contribution in [-0.2, 0) is 0 Å². The molecule has 3 heterocycles. The van der Waals surface area contributed by atoms with Crippen LogP contribution in [0.3, 0.4) is 0 Å². The van der Waals surface area contributed by atoms with Crippen LogP contribution in [0.4, 0.5) is 17.1 Å². The summed E-state index contributed by atoms with van der Waals surface area (Å²) in [6.07, 6.45) is 5.71. The standard InChI is InChI=1S/C41H30N6/c1-28-10-8-11-29(2)40(28)45-23-22-44-41(45)31-12-9-15-33(25-31)46(32-13-4-3-5-14-32)34-18-19-35-36-24-30(27-42)17-20-37(36)47(38(35)26-34)39-16-6-7-21-43-39/h3-26H,1-2H3. The molecule has 47 heavy (non-hydrogen) atoms. The highest BCUT2D eigenvalue weighted by Crippen LogP contribution is 2.40. The Hall–Kier alpha value is -6.45. The number of rotatable bonds is 6. The van der Waals surface area contributed by atoms with Gasteiger partial charge >= 0.3 is 0 Å². The van der Waals surface area contributed by atoms with E-state index in [1.807, 2.05) is 61.1 Å². The Morgan fingerprint density at radius 3 is 2.17 bits per heavy atom. The summed E-state index contributed by atoms with van der Waals surface area (Å²) in [7, 11) is 0. The number of aromatic nitrogens is 4. The first kappa shape index (κ1) is 28.1. The Morgan fingerprint density at radius 2 is 1.38 bits per heavy atom. The highest BCUT2D eigenvalue weighted by molar-refractivity contribution is 6.10. The molecule has 0 atom stereocenters. The van der Waals surface area contributed by atoms with Crippen molar-refractivity contribution in [3.8, 4) is 29.0 Å². The fourth-order valence-electron chi connectivity index (χ4n) is 6.64. The van der Waals surface area contributed by atoms with E-state index in [0.29, 0.717) is 5.56 Å². The van der Waals surface area contributed by atoms with Gasteiger partial charge in [0.15, 0.2) is 0 Å². The molecule has 0 spiro atoms. The molecular weight excluding hydrogens is 576 g/mol. The molecule has 8 aromatic rings. The first-order valence-electron chi connectivity index (χ1n) is 15.6. The monoisotopic (exact) mass is 606 g/mol. The number of para-hydroxylation sites is 2. The average Bonchev–Trinajstić information content (AvgIpc) is 3.72. The first-order valence-corrected chi connectivity index (χ1v) is 15.6.